The Labute approximate surface area is 158 Å². The molecule has 4 rings (SSSR count). The number of imide groups is 1. The molecule has 0 spiro atoms. The second-order valence-corrected chi connectivity index (χ2v) is 8.01. The van der Waals surface area contributed by atoms with Gasteiger partial charge < -0.3 is 15.5 Å². The van der Waals surface area contributed by atoms with Gasteiger partial charge in [0.05, 0.1) is 0 Å². The zero-order valence-electron chi connectivity index (χ0n) is 15.6. The highest BCUT2D eigenvalue weighted by Crippen LogP contribution is 2.30. The van der Waals surface area contributed by atoms with Crippen molar-refractivity contribution in [3.8, 4) is 0 Å². The summed E-state index contributed by atoms with van der Waals surface area (Å²) in [6.45, 7) is 5.40. The standard InChI is InChI=1S/C20H26N4O3/c1-20(7-9-21-10-8-20)22-11-13-3-2-4-14-15(13)12-24(19(14)27)16-5-6-17(25)23-18(16)26/h2-4,16,21-22H,5-12H2,1H3,(H,23,25,26). The summed E-state index contributed by atoms with van der Waals surface area (Å²) >= 11 is 0. The monoisotopic (exact) mass is 370 g/mol. The van der Waals surface area contributed by atoms with Crippen LogP contribution in [0.3, 0.4) is 0 Å². The molecule has 3 amide bonds. The fourth-order valence-corrected chi connectivity index (χ4v) is 4.28. The average Bonchev–Trinajstić information content (AvgIpc) is 2.98. The van der Waals surface area contributed by atoms with Gasteiger partial charge in [-0.3, -0.25) is 19.7 Å². The van der Waals surface area contributed by atoms with Crippen LogP contribution in [-0.2, 0) is 22.7 Å². The van der Waals surface area contributed by atoms with Crippen LogP contribution in [0.1, 0.15) is 54.1 Å². The van der Waals surface area contributed by atoms with Crippen LogP contribution in [0.2, 0.25) is 0 Å². The topological polar surface area (TPSA) is 90.5 Å². The van der Waals surface area contributed by atoms with Crippen LogP contribution in [0, 0.1) is 0 Å². The van der Waals surface area contributed by atoms with E-state index in [1.54, 1.807) is 4.90 Å². The number of amides is 3. The summed E-state index contributed by atoms with van der Waals surface area (Å²) in [4.78, 5) is 38.1. The Morgan fingerprint density at radius 3 is 2.74 bits per heavy atom. The van der Waals surface area contributed by atoms with Crippen molar-refractivity contribution in [1.29, 1.82) is 0 Å². The fraction of sp³-hybridized carbons (Fsp3) is 0.550. The third-order valence-corrected chi connectivity index (χ3v) is 6.09. The molecule has 1 aromatic carbocycles. The molecule has 144 valence electrons. The van der Waals surface area contributed by atoms with Gasteiger partial charge in [-0.15, -0.1) is 0 Å². The number of rotatable bonds is 4. The van der Waals surface area contributed by atoms with E-state index in [-0.39, 0.29) is 29.7 Å². The fourth-order valence-electron chi connectivity index (χ4n) is 4.28. The number of nitrogens with one attached hydrogen (secondary N) is 3. The predicted octanol–water partition coefficient (Wildman–Crippen LogP) is 0.679. The van der Waals surface area contributed by atoms with Crippen molar-refractivity contribution in [1.82, 2.24) is 20.9 Å². The summed E-state index contributed by atoms with van der Waals surface area (Å²) < 4.78 is 0. The molecule has 1 unspecified atom stereocenters. The first-order valence-electron chi connectivity index (χ1n) is 9.68. The maximum atomic E-state index is 12.9. The molecule has 0 bridgehead atoms. The third kappa shape index (κ3) is 3.49. The maximum absolute atomic E-state index is 12.9. The number of carbonyl (C=O) groups is 3. The molecule has 7 nitrogen and oxygen atoms in total. The molecule has 2 saturated heterocycles. The van der Waals surface area contributed by atoms with Crippen LogP contribution in [0.15, 0.2) is 18.2 Å². The van der Waals surface area contributed by atoms with E-state index < -0.39 is 6.04 Å². The molecule has 2 fully saturated rings. The van der Waals surface area contributed by atoms with Gasteiger partial charge in [0.2, 0.25) is 11.8 Å². The average molecular weight is 370 g/mol. The van der Waals surface area contributed by atoms with Crippen LogP contribution in [0.5, 0.6) is 0 Å². The lowest BCUT2D eigenvalue weighted by molar-refractivity contribution is -0.136. The predicted molar refractivity (Wildman–Crippen MR) is 99.8 cm³/mol. The van der Waals surface area contributed by atoms with Crippen molar-refractivity contribution in [3.63, 3.8) is 0 Å². The Morgan fingerprint density at radius 2 is 2.00 bits per heavy atom. The minimum absolute atomic E-state index is 0.0971. The Balaban J connectivity index is 1.51. The van der Waals surface area contributed by atoms with Crippen LogP contribution in [-0.4, -0.2) is 47.3 Å². The molecule has 0 aromatic heterocycles. The molecular weight excluding hydrogens is 344 g/mol. The number of fused-ring (bicyclic) bond motifs is 1. The number of nitrogens with zero attached hydrogens (tertiary/aromatic N) is 1. The second-order valence-electron chi connectivity index (χ2n) is 8.01. The first-order valence-corrected chi connectivity index (χ1v) is 9.68. The van der Waals surface area contributed by atoms with Gasteiger partial charge in [-0.2, -0.15) is 0 Å². The van der Waals surface area contributed by atoms with Gasteiger partial charge in [0, 0.05) is 30.6 Å². The molecule has 1 atom stereocenters. The summed E-state index contributed by atoms with van der Waals surface area (Å²) in [6.07, 6.45) is 2.81. The zero-order chi connectivity index (χ0) is 19.0. The normalized spacial score (nSPS) is 24.7. The number of hydrogen-bond donors (Lipinski definition) is 3. The van der Waals surface area contributed by atoms with Gasteiger partial charge >= 0.3 is 0 Å². The van der Waals surface area contributed by atoms with Crippen LogP contribution < -0.4 is 16.0 Å². The minimum atomic E-state index is -0.564. The van der Waals surface area contributed by atoms with E-state index in [2.05, 4.69) is 28.9 Å². The number of carbonyl (C=O) groups excluding carboxylic acids is 3. The molecule has 0 saturated carbocycles. The van der Waals surface area contributed by atoms with Crippen molar-refractivity contribution in [3.05, 3.63) is 34.9 Å². The molecule has 27 heavy (non-hydrogen) atoms. The SMILES string of the molecule is CC1(NCc2cccc3c2CN(C2CCC(=O)NC2=O)C3=O)CCNCC1. The molecule has 7 heteroatoms. The van der Waals surface area contributed by atoms with E-state index >= 15 is 0 Å². The molecular formula is C20H26N4O3. The van der Waals surface area contributed by atoms with E-state index in [1.165, 1.54) is 0 Å². The Morgan fingerprint density at radius 1 is 1.22 bits per heavy atom. The zero-order valence-corrected chi connectivity index (χ0v) is 15.6. The van der Waals surface area contributed by atoms with Gasteiger partial charge in [-0.05, 0) is 56.5 Å². The van der Waals surface area contributed by atoms with E-state index in [4.69, 9.17) is 0 Å². The third-order valence-electron chi connectivity index (χ3n) is 6.09. The van der Waals surface area contributed by atoms with Gasteiger partial charge in [0.1, 0.15) is 6.04 Å². The van der Waals surface area contributed by atoms with E-state index in [1.807, 2.05) is 12.1 Å². The molecule has 0 radical (unpaired) electrons. The largest absolute Gasteiger partial charge is 0.322 e. The van der Waals surface area contributed by atoms with Crippen molar-refractivity contribution >= 4 is 17.7 Å². The minimum Gasteiger partial charge on any atom is -0.322 e. The van der Waals surface area contributed by atoms with E-state index in [9.17, 15) is 14.4 Å². The maximum Gasteiger partial charge on any atom is 0.255 e. The highest BCUT2D eigenvalue weighted by Gasteiger charge is 2.39. The Hall–Kier alpha value is -2.25. The number of piperidine rings is 2. The summed E-state index contributed by atoms with van der Waals surface area (Å²) in [7, 11) is 0. The van der Waals surface area contributed by atoms with Crippen LogP contribution >= 0.6 is 0 Å². The summed E-state index contributed by atoms with van der Waals surface area (Å²) in [5.74, 6) is -0.746. The number of hydrogen-bond acceptors (Lipinski definition) is 5. The molecule has 3 N–H and O–H groups in total. The van der Waals surface area contributed by atoms with Crippen LogP contribution in [0.4, 0.5) is 0 Å². The molecule has 3 aliphatic heterocycles. The lowest BCUT2D eigenvalue weighted by atomic mass is 9.90. The quantitative estimate of drug-likeness (QED) is 0.678. The Kier molecular flexibility index (Phi) is 4.74. The Bertz CT molecular complexity index is 785. The van der Waals surface area contributed by atoms with Crippen molar-refractivity contribution in [2.75, 3.05) is 13.1 Å². The van der Waals surface area contributed by atoms with E-state index in [0.717, 1.165) is 37.1 Å². The lowest BCUT2D eigenvalue weighted by Crippen LogP contribution is -2.52. The van der Waals surface area contributed by atoms with Gasteiger partial charge in [-0.25, -0.2) is 0 Å². The lowest BCUT2D eigenvalue weighted by Gasteiger charge is -2.35. The first kappa shape index (κ1) is 18.1. The molecule has 3 heterocycles. The first-order chi connectivity index (χ1) is 13.0. The van der Waals surface area contributed by atoms with Gasteiger partial charge in [-0.1, -0.05) is 12.1 Å². The summed E-state index contributed by atoms with van der Waals surface area (Å²) in [5, 5.41) is 9.41. The van der Waals surface area contributed by atoms with Crippen molar-refractivity contribution in [2.45, 2.75) is 57.3 Å². The summed E-state index contributed by atoms with van der Waals surface area (Å²) in [6, 6.07) is 5.23. The number of benzene rings is 1. The van der Waals surface area contributed by atoms with Gasteiger partial charge in [0.15, 0.2) is 0 Å². The molecule has 1 aromatic rings. The molecule has 0 aliphatic carbocycles. The smallest absolute Gasteiger partial charge is 0.255 e. The highest BCUT2D eigenvalue weighted by atomic mass is 16.2. The van der Waals surface area contributed by atoms with E-state index in [0.29, 0.717) is 25.1 Å². The van der Waals surface area contributed by atoms with Crippen molar-refractivity contribution in [2.24, 2.45) is 0 Å². The summed E-state index contributed by atoms with van der Waals surface area (Å²) in [5.41, 5.74) is 2.88. The van der Waals surface area contributed by atoms with Crippen molar-refractivity contribution < 1.29 is 14.4 Å². The van der Waals surface area contributed by atoms with Crippen LogP contribution in [0.25, 0.3) is 0 Å². The highest BCUT2D eigenvalue weighted by molar-refractivity contribution is 6.05. The molecule has 3 aliphatic rings. The second kappa shape index (κ2) is 7.05. The van der Waals surface area contributed by atoms with Gasteiger partial charge in [0.25, 0.3) is 5.91 Å².